The molecular formula is C21H24N2O4S. The minimum atomic E-state index is -0.134. The van der Waals surface area contributed by atoms with Gasteiger partial charge in [0.25, 0.3) is 5.91 Å². The Morgan fingerprint density at radius 2 is 1.75 bits per heavy atom. The number of hydrogen-bond donors (Lipinski definition) is 0. The largest absolute Gasteiger partial charge is 0.493 e. The summed E-state index contributed by atoms with van der Waals surface area (Å²) in [6.07, 6.45) is 0.844. The summed E-state index contributed by atoms with van der Waals surface area (Å²) in [5, 5.41) is 0.705. The van der Waals surface area contributed by atoms with Gasteiger partial charge in [-0.25, -0.2) is 4.99 Å². The van der Waals surface area contributed by atoms with Gasteiger partial charge in [-0.15, -0.1) is 0 Å². The van der Waals surface area contributed by atoms with Crippen molar-refractivity contribution in [1.82, 2.24) is 4.90 Å². The van der Waals surface area contributed by atoms with Crippen molar-refractivity contribution >= 4 is 28.5 Å². The molecule has 0 saturated carbocycles. The predicted octanol–water partition coefficient (Wildman–Crippen LogP) is 4.37. The molecule has 1 aliphatic heterocycles. The Bertz CT molecular complexity index is 845. The first-order valence-corrected chi connectivity index (χ1v) is 10.0. The number of rotatable bonds is 6. The van der Waals surface area contributed by atoms with Gasteiger partial charge in [0.05, 0.1) is 27.0 Å². The zero-order valence-corrected chi connectivity index (χ0v) is 17.3. The van der Waals surface area contributed by atoms with Crippen molar-refractivity contribution in [2.45, 2.75) is 19.4 Å². The average molecular weight is 401 g/mol. The summed E-state index contributed by atoms with van der Waals surface area (Å²) >= 11 is 1.60. The molecule has 28 heavy (non-hydrogen) atoms. The number of carbonyl (C=O) groups is 1. The molecule has 1 amide bonds. The Morgan fingerprint density at radius 3 is 2.29 bits per heavy atom. The number of methoxy groups -OCH3 is 3. The number of carbonyl (C=O) groups excluding carboxylic acids is 1. The van der Waals surface area contributed by atoms with Gasteiger partial charge in [-0.1, -0.05) is 36.9 Å². The molecule has 1 fully saturated rings. The third-order valence-electron chi connectivity index (χ3n) is 4.56. The number of para-hydroxylation sites is 1. The minimum absolute atomic E-state index is 0.0825. The van der Waals surface area contributed by atoms with Crippen molar-refractivity contribution in [2.75, 3.05) is 27.1 Å². The van der Waals surface area contributed by atoms with Crippen LogP contribution in [0.3, 0.4) is 0 Å². The summed E-state index contributed by atoms with van der Waals surface area (Å²) in [5.41, 5.74) is 1.29. The highest BCUT2D eigenvalue weighted by molar-refractivity contribution is 8.14. The van der Waals surface area contributed by atoms with E-state index in [1.807, 2.05) is 30.3 Å². The topological polar surface area (TPSA) is 60.4 Å². The van der Waals surface area contributed by atoms with Crippen LogP contribution < -0.4 is 14.2 Å². The molecule has 0 aromatic heterocycles. The van der Waals surface area contributed by atoms with Crippen LogP contribution in [0.1, 0.15) is 23.7 Å². The van der Waals surface area contributed by atoms with Crippen molar-refractivity contribution in [3.05, 3.63) is 48.0 Å². The summed E-state index contributed by atoms with van der Waals surface area (Å²) in [4.78, 5) is 19.9. The van der Waals surface area contributed by atoms with Gasteiger partial charge >= 0.3 is 0 Å². The minimum Gasteiger partial charge on any atom is -0.493 e. The lowest BCUT2D eigenvalue weighted by atomic mass is 10.1. The van der Waals surface area contributed by atoms with Crippen LogP contribution in [-0.2, 0) is 0 Å². The molecule has 1 atom stereocenters. The van der Waals surface area contributed by atoms with Gasteiger partial charge in [0.2, 0.25) is 5.75 Å². The highest BCUT2D eigenvalue weighted by Crippen LogP contribution is 2.39. The van der Waals surface area contributed by atoms with Crippen molar-refractivity contribution in [2.24, 2.45) is 4.99 Å². The molecular weight excluding hydrogens is 376 g/mol. The van der Waals surface area contributed by atoms with Crippen LogP contribution in [-0.4, -0.2) is 49.1 Å². The Morgan fingerprint density at radius 1 is 1.11 bits per heavy atom. The maximum absolute atomic E-state index is 13.4. The van der Waals surface area contributed by atoms with Gasteiger partial charge < -0.3 is 14.2 Å². The highest BCUT2D eigenvalue weighted by Gasteiger charge is 2.35. The van der Waals surface area contributed by atoms with Crippen LogP contribution in [0.2, 0.25) is 0 Å². The summed E-state index contributed by atoms with van der Waals surface area (Å²) in [6, 6.07) is 13.1. The van der Waals surface area contributed by atoms with Gasteiger partial charge in [-0.3, -0.25) is 9.69 Å². The van der Waals surface area contributed by atoms with E-state index < -0.39 is 0 Å². The number of benzene rings is 2. The molecule has 0 N–H and O–H groups in total. The first-order chi connectivity index (χ1) is 13.6. The quantitative estimate of drug-likeness (QED) is 0.721. The van der Waals surface area contributed by atoms with Crippen molar-refractivity contribution in [1.29, 1.82) is 0 Å². The summed E-state index contributed by atoms with van der Waals surface area (Å²) < 4.78 is 16.2. The Labute approximate surface area is 169 Å². The number of amides is 1. The number of nitrogens with zero attached hydrogens (tertiary/aromatic N) is 2. The molecule has 0 bridgehead atoms. The van der Waals surface area contributed by atoms with Crippen molar-refractivity contribution < 1.29 is 19.0 Å². The second-order valence-corrected chi connectivity index (χ2v) is 7.18. The SMILES string of the molecule is CC[C@H]1CSC(=Nc2ccccc2)N1C(=O)c1cc(OC)c(OC)c(OC)c1. The molecule has 2 aromatic rings. The van der Waals surface area contributed by atoms with E-state index in [0.29, 0.717) is 28.0 Å². The van der Waals surface area contributed by atoms with E-state index >= 15 is 0 Å². The number of amidine groups is 1. The van der Waals surface area contributed by atoms with E-state index in [1.54, 1.807) is 28.8 Å². The monoisotopic (exact) mass is 400 g/mol. The number of hydrogen-bond acceptors (Lipinski definition) is 6. The van der Waals surface area contributed by atoms with Crippen molar-refractivity contribution in [3.8, 4) is 17.2 Å². The predicted molar refractivity (Wildman–Crippen MR) is 112 cm³/mol. The first kappa shape index (κ1) is 20.1. The zero-order chi connectivity index (χ0) is 20.1. The average Bonchev–Trinajstić information content (AvgIpc) is 3.15. The maximum Gasteiger partial charge on any atom is 0.260 e. The van der Waals surface area contributed by atoms with Gasteiger partial charge in [0.15, 0.2) is 16.7 Å². The van der Waals surface area contributed by atoms with Crippen LogP contribution in [0, 0.1) is 0 Å². The lowest BCUT2D eigenvalue weighted by Gasteiger charge is -2.24. The smallest absolute Gasteiger partial charge is 0.260 e. The van der Waals surface area contributed by atoms with E-state index in [1.165, 1.54) is 21.3 Å². The molecule has 0 spiro atoms. The van der Waals surface area contributed by atoms with Crippen LogP contribution in [0.25, 0.3) is 0 Å². The number of aliphatic imine (C=N–C) groups is 1. The second-order valence-electron chi connectivity index (χ2n) is 6.19. The molecule has 1 aliphatic rings. The lowest BCUT2D eigenvalue weighted by Crippen LogP contribution is -2.39. The van der Waals surface area contributed by atoms with E-state index in [2.05, 4.69) is 6.92 Å². The summed E-state index contributed by atoms with van der Waals surface area (Å²) in [6.45, 7) is 2.08. The third-order valence-corrected chi connectivity index (χ3v) is 5.66. The molecule has 148 valence electrons. The Kier molecular flexibility index (Phi) is 6.46. The molecule has 1 saturated heterocycles. The van der Waals surface area contributed by atoms with E-state index in [0.717, 1.165) is 17.9 Å². The maximum atomic E-state index is 13.4. The van der Waals surface area contributed by atoms with Crippen LogP contribution >= 0.6 is 11.8 Å². The fourth-order valence-electron chi connectivity index (χ4n) is 3.07. The Hall–Kier alpha value is -2.67. The first-order valence-electron chi connectivity index (χ1n) is 9.03. The fourth-order valence-corrected chi connectivity index (χ4v) is 4.33. The zero-order valence-electron chi connectivity index (χ0n) is 16.5. The molecule has 7 heteroatoms. The number of ether oxygens (including phenoxy) is 3. The lowest BCUT2D eigenvalue weighted by molar-refractivity contribution is 0.0818. The Balaban J connectivity index is 2.02. The normalized spacial score (nSPS) is 17.6. The molecule has 2 aromatic carbocycles. The third kappa shape index (κ3) is 3.94. The number of thioether (sulfide) groups is 1. The van der Waals surface area contributed by atoms with Gasteiger partial charge in [0.1, 0.15) is 0 Å². The standard InChI is InChI=1S/C21H24N2O4S/c1-5-16-13-28-21(22-15-9-7-6-8-10-15)23(16)20(24)14-11-17(25-2)19(27-4)18(12-14)26-3/h6-12,16H,5,13H2,1-4H3/t16-/m0/s1. The molecule has 0 radical (unpaired) electrons. The molecule has 0 aliphatic carbocycles. The van der Waals surface area contributed by atoms with Gasteiger partial charge in [-0.05, 0) is 30.7 Å². The van der Waals surface area contributed by atoms with E-state index in [-0.39, 0.29) is 11.9 Å². The molecule has 1 heterocycles. The second kappa shape index (κ2) is 9.01. The summed E-state index contributed by atoms with van der Waals surface area (Å²) in [7, 11) is 4.61. The molecule has 3 rings (SSSR count). The van der Waals surface area contributed by atoms with Crippen molar-refractivity contribution in [3.63, 3.8) is 0 Å². The fraction of sp³-hybridized carbons (Fsp3) is 0.333. The van der Waals surface area contributed by atoms with Crippen LogP contribution in [0.15, 0.2) is 47.5 Å². The molecule has 6 nitrogen and oxygen atoms in total. The van der Waals surface area contributed by atoms with Crippen LogP contribution in [0.5, 0.6) is 17.2 Å². The molecule has 0 unspecified atom stereocenters. The van der Waals surface area contributed by atoms with Gasteiger partial charge in [0, 0.05) is 17.4 Å². The van der Waals surface area contributed by atoms with Gasteiger partial charge in [-0.2, -0.15) is 0 Å². The van der Waals surface area contributed by atoms with E-state index in [9.17, 15) is 4.79 Å². The van der Waals surface area contributed by atoms with E-state index in [4.69, 9.17) is 19.2 Å². The highest BCUT2D eigenvalue weighted by atomic mass is 32.2. The summed E-state index contributed by atoms with van der Waals surface area (Å²) in [5.74, 6) is 2.05. The van der Waals surface area contributed by atoms with Crippen LogP contribution in [0.4, 0.5) is 5.69 Å².